The van der Waals surface area contributed by atoms with Crippen LogP contribution in [0.5, 0.6) is 0 Å². The highest BCUT2D eigenvalue weighted by molar-refractivity contribution is 6.14. The molecule has 4 N–H and O–H groups in total. The average molecular weight is 324 g/mol. The smallest absolute Gasteiger partial charge is 0.150 e. The summed E-state index contributed by atoms with van der Waals surface area (Å²) < 4.78 is 0. The van der Waals surface area contributed by atoms with Crippen molar-refractivity contribution in [1.82, 2.24) is 0 Å². The predicted octanol–water partition coefficient (Wildman–Crippen LogP) is 3.13. The summed E-state index contributed by atoms with van der Waals surface area (Å²) in [5, 5.41) is 1.39. The number of allylic oxidation sites excluding steroid dienone is 5. The lowest BCUT2D eigenvalue weighted by atomic mass is 9.99. The van der Waals surface area contributed by atoms with Gasteiger partial charge in [-0.2, -0.15) is 0 Å². The molecule has 0 radical (unpaired) electrons. The molecule has 0 aliphatic rings. The number of hydrazine groups is 1. The van der Waals surface area contributed by atoms with Crippen molar-refractivity contribution in [3.8, 4) is 0 Å². The number of hydrogen-bond acceptors (Lipinski definition) is 5. The zero-order valence-corrected chi connectivity index (χ0v) is 14.4. The van der Waals surface area contributed by atoms with Gasteiger partial charge in [-0.1, -0.05) is 24.8 Å². The molecule has 0 bridgehead atoms. The number of carbonyl (C=O) groups is 1. The van der Waals surface area contributed by atoms with Gasteiger partial charge < -0.3 is 5.73 Å². The Bertz CT molecular complexity index is 709. The van der Waals surface area contributed by atoms with E-state index in [0.29, 0.717) is 22.7 Å². The molecule has 1 aromatic carbocycles. The van der Waals surface area contributed by atoms with Crippen LogP contribution in [0.1, 0.15) is 24.2 Å². The van der Waals surface area contributed by atoms with E-state index in [4.69, 9.17) is 11.6 Å². The maximum atomic E-state index is 10.7. The van der Waals surface area contributed by atoms with Gasteiger partial charge in [-0.25, -0.2) is 5.84 Å². The van der Waals surface area contributed by atoms with E-state index in [1.165, 1.54) is 5.01 Å². The van der Waals surface area contributed by atoms with Gasteiger partial charge in [0.05, 0.1) is 17.1 Å². The van der Waals surface area contributed by atoms with Crippen molar-refractivity contribution in [2.75, 3.05) is 12.1 Å². The Morgan fingerprint density at radius 3 is 2.38 bits per heavy atom. The number of carbonyl (C=O) groups excluding carboxylic acids is 1. The first-order valence-corrected chi connectivity index (χ1v) is 7.48. The van der Waals surface area contributed by atoms with Gasteiger partial charge in [0, 0.05) is 24.4 Å². The van der Waals surface area contributed by atoms with Crippen molar-refractivity contribution in [3.63, 3.8) is 0 Å². The molecule has 0 amide bonds. The molecule has 0 fully saturated rings. The maximum absolute atomic E-state index is 10.7. The molecule has 0 aliphatic carbocycles. The van der Waals surface area contributed by atoms with E-state index in [2.05, 4.69) is 11.6 Å². The maximum Gasteiger partial charge on any atom is 0.150 e. The van der Waals surface area contributed by atoms with E-state index in [9.17, 15) is 4.79 Å². The number of hydrogen-bond donors (Lipinski definition) is 2. The Morgan fingerprint density at radius 1 is 1.29 bits per heavy atom. The first-order chi connectivity index (χ1) is 11.5. The lowest BCUT2D eigenvalue weighted by Gasteiger charge is -2.17. The van der Waals surface area contributed by atoms with Crippen molar-refractivity contribution in [2.45, 2.75) is 13.8 Å². The molecule has 0 atom stereocenters. The number of aliphatic imine (C=N–C) groups is 1. The number of nitrogens with zero attached hydrogens (tertiary/aromatic N) is 2. The quantitative estimate of drug-likeness (QED) is 0.265. The van der Waals surface area contributed by atoms with Crippen molar-refractivity contribution in [3.05, 3.63) is 77.7 Å². The monoisotopic (exact) mass is 324 g/mol. The minimum absolute atomic E-state index is 0.425. The normalized spacial score (nSPS) is 13.7. The van der Waals surface area contributed by atoms with E-state index in [1.807, 2.05) is 26.0 Å². The van der Waals surface area contributed by atoms with Crippen LogP contribution in [-0.2, 0) is 0 Å². The first kappa shape index (κ1) is 19.1. The van der Waals surface area contributed by atoms with E-state index in [-0.39, 0.29) is 0 Å². The zero-order valence-electron chi connectivity index (χ0n) is 14.4. The third-order valence-electron chi connectivity index (χ3n) is 3.50. The standard InChI is InChI=1S/C19H24N4O/c1-5-7-17(14(3)6-2)19(22-4)18(20)12-23(21)16-10-8-15(13-24)9-11-16/h5-13H,1,20-21H2,2-4H3/b14-6-,17-7+,18-12-,22-19?. The highest BCUT2D eigenvalue weighted by atomic mass is 16.1. The Balaban J connectivity index is 3.17. The van der Waals surface area contributed by atoms with Crippen LogP contribution in [0, 0.1) is 0 Å². The molecule has 0 spiro atoms. The van der Waals surface area contributed by atoms with Crippen LogP contribution in [-0.4, -0.2) is 19.0 Å². The number of nitrogens with two attached hydrogens (primary N) is 2. The molecule has 0 aliphatic heterocycles. The van der Waals surface area contributed by atoms with E-state index in [1.54, 1.807) is 43.6 Å². The van der Waals surface area contributed by atoms with Crippen LogP contribution in [0.4, 0.5) is 5.69 Å². The molecule has 0 saturated carbocycles. The molecule has 0 unspecified atom stereocenters. The van der Waals surface area contributed by atoms with Gasteiger partial charge in [-0.15, -0.1) is 0 Å². The Labute approximate surface area is 143 Å². The lowest BCUT2D eigenvalue weighted by Crippen LogP contribution is -2.28. The van der Waals surface area contributed by atoms with Gasteiger partial charge in [-0.3, -0.25) is 14.8 Å². The van der Waals surface area contributed by atoms with E-state index in [0.717, 1.165) is 17.4 Å². The highest BCUT2D eigenvalue weighted by Crippen LogP contribution is 2.17. The molecule has 5 heteroatoms. The molecular formula is C19H24N4O. The van der Waals surface area contributed by atoms with Gasteiger partial charge in [-0.05, 0) is 43.7 Å². The Morgan fingerprint density at radius 2 is 1.92 bits per heavy atom. The third kappa shape index (κ3) is 4.79. The number of aldehydes is 1. The highest BCUT2D eigenvalue weighted by Gasteiger charge is 2.12. The molecule has 24 heavy (non-hydrogen) atoms. The zero-order chi connectivity index (χ0) is 18.1. The average Bonchev–Trinajstić information content (AvgIpc) is 2.60. The number of anilines is 1. The van der Waals surface area contributed by atoms with Gasteiger partial charge >= 0.3 is 0 Å². The van der Waals surface area contributed by atoms with E-state index < -0.39 is 0 Å². The molecule has 1 aromatic rings. The largest absolute Gasteiger partial charge is 0.396 e. The fourth-order valence-corrected chi connectivity index (χ4v) is 2.09. The number of rotatable bonds is 7. The SMILES string of the molecule is C=C/C=C(C(=NC)/C(N)=C/N(N)c1ccc(C=O)cc1)\C(C)=C/C. The fraction of sp³-hybridized carbons (Fsp3) is 0.158. The van der Waals surface area contributed by atoms with Crippen LogP contribution >= 0.6 is 0 Å². The van der Waals surface area contributed by atoms with Crippen LogP contribution in [0.25, 0.3) is 0 Å². The summed E-state index contributed by atoms with van der Waals surface area (Å²) in [6.45, 7) is 7.66. The molecule has 0 heterocycles. The summed E-state index contributed by atoms with van der Waals surface area (Å²) in [6, 6.07) is 6.87. The molecule has 0 aromatic heterocycles. The third-order valence-corrected chi connectivity index (χ3v) is 3.50. The second kappa shape index (κ2) is 9.27. The van der Waals surface area contributed by atoms with Crippen molar-refractivity contribution in [1.29, 1.82) is 0 Å². The minimum Gasteiger partial charge on any atom is -0.396 e. The second-order valence-electron chi connectivity index (χ2n) is 5.06. The Hall–Kier alpha value is -2.92. The lowest BCUT2D eigenvalue weighted by molar-refractivity contribution is 0.112. The van der Waals surface area contributed by atoms with E-state index >= 15 is 0 Å². The molecule has 126 valence electrons. The Kier molecular flexibility index (Phi) is 7.39. The fourth-order valence-electron chi connectivity index (χ4n) is 2.09. The van der Waals surface area contributed by atoms with Crippen molar-refractivity contribution in [2.24, 2.45) is 16.6 Å². The summed E-state index contributed by atoms with van der Waals surface area (Å²) in [5.41, 5.74) is 10.5. The topological polar surface area (TPSA) is 84.7 Å². The second-order valence-corrected chi connectivity index (χ2v) is 5.06. The van der Waals surface area contributed by atoms with Gasteiger partial charge in [0.15, 0.2) is 0 Å². The molecule has 0 saturated heterocycles. The van der Waals surface area contributed by atoms with Crippen LogP contribution < -0.4 is 16.6 Å². The van der Waals surface area contributed by atoms with Gasteiger partial charge in [0.25, 0.3) is 0 Å². The van der Waals surface area contributed by atoms with Crippen LogP contribution in [0.15, 0.2) is 77.1 Å². The van der Waals surface area contributed by atoms with Crippen molar-refractivity contribution >= 4 is 17.7 Å². The predicted molar refractivity (Wildman–Crippen MR) is 102 cm³/mol. The van der Waals surface area contributed by atoms with Crippen LogP contribution in [0.2, 0.25) is 0 Å². The minimum atomic E-state index is 0.425. The summed E-state index contributed by atoms with van der Waals surface area (Å²) >= 11 is 0. The first-order valence-electron chi connectivity index (χ1n) is 7.48. The summed E-state index contributed by atoms with van der Waals surface area (Å²) in [5.74, 6) is 6.04. The number of benzene rings is 1. The van der Waals surface area contributed by atoms with Crippen LogP contribution in [0.3, 0.4) is 0 Å². The molecule has 5 nitrogen and oxygen atoms in total. The van der Waals surface area contributed by atoms with Gasteiger partial charge in [0.1, 0.15) is 6.29 Å². The van der Waals surface area contributed by atoms with Gasteiger partial charge in [0.2, 0.25) is 0 Å². The molecular weight excluding hydrogens is 300 g/mol. The summed E-state index contributed by atoms with van der Waals surface area (Å²) in [7, 11) is 1.68. The molecule has 1 rings (SSSR count). The summed E-state index contributed by atoms with van der Waals surface area (Å²) in [4.78, 5) is 15.0. The summed E-state index contributed by atoms with van der Waals surface area (Å²) in [6.07, 6.45) is 7.91. The van der Waals surface area contributed by atoms with Crippen molar-refractivity contribution < 1.29 is 4.79 Å².